The van der Waals surface area contributed by atoms with Gasteiger partial charge < -0.3 is 10.1 Å². The quantitative estimate of drug-likeness (QED) is 0.874. The van der Waals surface area contributed by atoms with Crippen LogP contribution in [0.25, 0.3) is 0 Å². The fourth-order valence-electron chi connectivity index (χ4n) is 1.80. The summed E-state index contributed by atoms with van der Waals surface area (Å²) in [5, 5.41) is 4.14. The molecule has 0 atom stereocenters. The Morgan fingerprint density at radius 3 is 2.53 bits per heavy atom. The number of rotatable bonds is 4. The first-order valence-electron chi connectivity index (χ1n) is 5.97. The van der Waals surface area contributed by atoms with E-state index in [1.807, 2.05) is 19.2 Å². The first kappa shape index (κ1) is 14.2. The molecule has 0 saturated heterocycles. The molecule has 0 fully saturated rings. The maximum Gasteiger partial charge on any atom is 0.131 e. The smallest absolute Gasteiger partial charge is 0.131 e. The van der Waals surface area contributed by atoms with Gasteiger partial charge in [0.05, 0.1) is 10.0 Å². The lowest BCUT2D eigenvalue weighted by Gasteiger charge is -2.12. The molecule has 0 aliphatic rings. The number of ether oxygens (including phenoxy) is 1. The molecule has 4 heteroatoms. The monoisotopic (exact) mass is 295 g/mol. The molecular formula is C15H15Cl2NO. The van der Waals surface area contributed by atoms with Crippen molar-refractivity contribution in [3.8, 4) is 11.5 Å². The summed E-state index contributed by atoms with van der Waals surface area (Å²) in [7, 11) is 1.91. The molecule has 2 aromatic rings. The van der Waals surface area contributed by atoms with Gasteiger partial charge in [-0.3, -0.25) is 0 Å². The molecule has 0 unspecified atom stereocenters. The third-order valence-corrected chi connectivity index (χ3v) is 3.44. The molecule has 0 aromatic heterocycles. The molecule has 0 bridgehead atoms. The number of hydrogen-bond donors (Lipinski definition) is 1. The van der Waals surface area contributed by atoms with E-state index in [-0.39, 0.29) is 0 Å². The Labute approximate surface area is 123 Å². The Morgan fingerprint density at radius 1 is 1.05 bits per heavy atom. The highest BCUT2D eigenvalue weighted by Gasteiger charge is 2.06. The Bertz CT molecular complexity index is 584. The molecule has 1 N–H and O–H groups in total. The zero-order chi connectivity index (χ0) is 13.8. The van der Waals surface area contributed by atoms with Crippen molar-refractivity contribution < 1.29 is 4.74 Å². The van der Waals surface area contributed by atoms with Crippen LogP contribution in [0.5, 0.6) is 11.5 Å². The van der Waals surface area contributed by atoms with Gasteiger partial charge in [0.25, 0.3) is 0 Å². The number of nitrogens with one attached hydrogen (secondary N) is 1. The van der Waals surface area contributed by atoms with E-state index in [4.69, 9.17) is 27.9 Å². The summed E-state index contributed by atoms with van der Waals surface area (Å²) in [6.07, 6.45) is 0. The Hall–Kier alpha value is -1.22. The predicted octanol–water partition coefficient (Wildman–Crippen LogP) is 4.81. The van der Waals surface area contributed by atoms with Crippen molar-refractivity contribution in [3.05, 3.63) is 57.6 Å². The van der Waals surface area contributed by atoms with Crippen LogP contribution in [-0.4, -0.2) is 7.05 Å². The lowest BCUT2D eigenvalue weighted by atomic mass is 10.1. The minimum atomic E-state index is 0.487. The SMILES string of the molecule is CNCc1cc(C)ccc1Oc1ccc(Cl)c(Cl)c1. The zero-order valence-electron chi connectivity index (χ0n) is 10.8. The minimum absolute atomic E-state index is 0.487. The van der Waals surface area contributed by atoms with E-state index in [1.54, 1.807) is 18.2 Å². The maximum atomic E-state index is 5.98. The minimum Gasteiger partial charge on any atom is -0.457 e. The van der Waals surface area contributed by atoms with E-state index in [2.05, 4.69) is 18.3 Å². The van der Waals surface area contributed by atoms with E-state index in [1.165, 1.54) is 5.56 Å². The second-order valence-electron chi connectivity index (χ2n) is 4.32. The van der Waals surface area contributed by atoms with Crippen molar-refractivity contribution in [2.75, 3.05) is 7.05 Å². The summed E-state index contributed by atoms with van der Waals surface area (Å²) in [4.78, 5) is 0. The highest BCUT2D eigenvalue weighted by molar-refractivity contribution is 6.42. The van der Waals surface area contributed by atoms with Gasteiger partial charge in [-0.25, -0.2) is 0 Å². The second-order valence-corrected chi connectivity index (χ2v) is 5.13. The van der Waals surface area contributed by atoms with Crippen molar-refractivity contribution >= 4 is 23.2 Å². The zero-order valence-corrected chi connectivity index (χ0v) is 12.3. The van der Waals surface area contributed by atoms with Crippen LogP contribution in [0.1, 0.15) is 11.1 Å². The molecule has 2 rings (SSSR count). The van der Waals surface area contributed by atoms with Crippen LogP contribution in [-0.2, 0) is 6.54 Å². The molecule has 2 nitrogen and oxygen atoms in total. The van der Waals surface area contributed by atoms with Gasteiger partial charge >= 0.3 is 0 Å². The predicted molar refractivity (Wildman–Crippen MR) is 80.5 cm³/mol. The highest BCUT2D eigenvalue weighted by atomic mass is 35.5. The van der Waals surface area contributed by atoms with Gasteiger partial charge in [0.1, 0.15) is 11.5 Å². The summed E-state index contributed by atoms with van der Waals surface area (Å²) in [5.41, 5.74) is 2.31. The van der Waals surface area contributed by atoms with E-state index < -0.39 is 0 Å². The van der Waals surface area contributed by atoms with Crippen molar-refractivity contribution in [2.24, 2.45) is 0 Å². The fraction of sp³-hybridized carbons (Fsp3) is 0.200. The summed E-state index contributed by atoms with van der Waals surface area (Å²) in [5.74, 6) is 1.49. The number of aryl methyl sites for hydroxylation is 1. The second kappa shape index (κ2) is 6.29. The van der Waals surface area contributed by atoms with E-state index in [0.717, 1.165) is 17.9 Å². The van der Waals surface area contributed by atoms with Crippen molar-refractivity contribution in [2.45, 2.75) is 13.5 Å². The third kappa shape index (κ3) is 3.63. The third-order valence-electron chi connectivity index (χ3n) is 2.70. The Balaban J connectivity index is 2.29. The van der Waals surface area contributed by atoms with Crippen LogP contribution < -0.4 is 10.1 Å². The van der Waals surface area contributed by atoms with Gasteiger partial charge in [0.15, 0.2) is 0 Å². The van der Waals surface area contributed by atoms with E-state index >= 15 is 0 Å². The van der Waals surface area contributed by atoms with Crippen LogP contribution >= 0.6 is 23.2 Å². The van der Waals surface area contributed by atoms with Crippen LogP contribution in [0.3, 0.4) is 0 Å². The van der Waals surface area contributed by atoms with Gasteiger partial charge in [-0.15, -0.1) is 0 Å². The molecule has 0 amide bonds. The summed E-state index contributed by atoms with van der Waals surface area (Å²) in [6.45, 7) is 2.81. The Morgan fingerprint density at radius 2 is 1.84 bits per heavy atom. The molecule has 0 aliphatic heterocycles. The molecule has 0 spiro atoms. The van der Waals surface area contributed by atoms with Gasteiger partial charge in [-0.05, 0) is 32.2 Å². The molecule has 0 radical (unpaired) electrons. The van der Waals surface area contributed by atoms with Gasteiger partial charge in [0.2, 0.25) is 0 Å². The van der Waals surface area contributed by atoms with Gasteiger partial charge in [-0.1, -0.05) is 40.9 Å². The highest BCUT2D eigenvalue weighted by Crippen LogP contribution is 2.31. The lowest BCUT2D eigenvalue weighted by Crippen LogP contribution is -2.06. The molecule has 2 aromatic carbocycles. The molecular weight excluding hydrogens is 281 g/mol. The Kier molecular flexibility index (Phi) is 4.70. The van der Waals surface area contributed by atoms with Crippen LogP contribution in [0, 0.1) is 6.92 Å². The average Bonchev–Trinajstić information content (AvgIpc) is 2.37. The molecule has 0 saturated carbocycles. The maximum absolute atomic E-state index is 5.98. The van der Waals surface area contributed by atoms with Crippen molar-refractivity contribution in [1.29, 1.82) is 0 Å². The topological polar surface area (TPSA) is 21.3 Å². The first-order chi connectivity index (χ1) is 9.10. The largest absolute Gasteiger partial charge is 0.457 e. The van der Waals surface area contributed by atoms with Crippen LogP contribution in [0.2, 0.25) is 10.0 Å². The van der Waals surface area contributed by atoms with Gasteiger partial charge in [0, 0.05) is 18.2 Å². The standard InChI is InChI=1S/C15H15Cl2NO/c1-10-3-6-15(11(7-10)9-18-2)19-12-4-5-13(16)14(17)8-12/h3-8,18H,9H2,1-2H3. The summed E-state index contributed by atoms with van der Waals surface area (Å²) in [6, 6.07) is 11.3. The van der Waals surface area contributed by atoms with E-state index in [0.29, 0.717) is 15.8 Å². The molecule has 100 valence electrons. The normalized spacial score (nSPS) is 10.5. The van der Waals surface area contributed by atoms with Gasteiger partial charge in [-0.2, -0.15) is 0 Å². The first-order valence-corrected chi connectivity index (χ1v) is 6.73. The lowest BCUT2D eigenvalue weighted by molar-refractivity contribution is 0.474. The molecule has 19 heavy (non-hydrogen) atoms. The summed E-state index contributed by atoms with van der Waals surface area (Å²) < 4.78 is 5.87. The van der Waals surface area contributed by atoms with Crippen molar-refractivity contribution in [3.63, 3.8) is 0 Å². The number of benzene rings is 2. The molecule has 0 heterocycles. The summed E-state index contributed by atoms with van der Waals surface area (Å²) >= 11 is 11.9. The number of halogens is 2. The van der Waals surface area contributed by atoms with Crippen LogP contribution in [0.4, 0.5) is 0 Å². The van der Waals surface area contributed by atoms with Crippen molar-refractivity contribution in [1.82, 2.24) is 5.32 Å². The average molecular weight is 296 g/mol. The molecule has 0 aliphatic carbocycles. The number of hydrogen-bond acceptors (Lipinski definition) is 2. The van der Waals surface area contributed by atoms with Crippen LogP contribution in [0.15, 0.2) is 36.4 Å². The fourth-order valence-corrected chi connectivity index (χ4v) is 2.09. The van der Waals surface area contributed by atoms with E-state index in [9.17, 15) is 0 Å².